The molecule has 19 heavy (non-hydrogen) atoms. The molecule has 0 aliphatic heterocycles. The molecule has 2 aromatic carbocycles. The average Bonchev–Trinajstić information content (AvgIpc) is 2.42. The number of carbonyl (C=O) groups excluding carboxylic acids is 1. The lowest BCUT2D eigenvalue weighted by Gasteiger charge is -2.11. The molecule has 0 fully saturated rings. The maximum Gasteiger partial charge on any atom is 0.193 e. The van der Waals surface area contributed by atoms with E-state index in [0.29, 0.717) is 0 Å². The zero-order valence-electron chi connectivity index (χ0n) is 10.2. The van der Waals surface area contributed by atoms with Gasteiger partial charge in [-0.3, -0.25) is 4.79 Å². The van der Waals surface area contributed by atoms with Crippen LogP contribution < -0.4 is 5.73 Å². The Morgan fingerprint density at radius 1 is 1.21 bits per heavy atom. The van der Waals surface area contributed by atoms with Crippen molar-refractivity contribution < 1.29 is 14.3 Å². The van der Waals surface area contributed by atoms with Crippen molar-refractivity contribution in [1.82, 2.24) is 0 Å². The number of hydrogen-bond donors (Lipinski definition) is 2. The summed E-state index contributed by atoms with van der Waals surface area (Å²) in [7, 11) is 0. The smallest absolute Gasteiger partial charge is 0.193 e. The highest BCUT2D eigenvalue weighted by Crippen LogP contribution is 2.17. The van der Waals surface area contributed by atoms with Crippen LogP contribution in [0.1, 0.15) is 15.9 Å². The number of nitrogen functional groups attached to an aromatic ring is 1. The number of rotatable bonds is 4. The van der Waals surface area contributed by atoms with Crippen molar-refractivity contribution in [2.24, 2.45) is 0 Å². The minimum Gasteiger partial charge on any atom is -0.398 e. The molecule has 98 valence electrons. The Kier molecular flexibility index (Phi) is 3.92. The van der Waals surface area contributed by atoms with E-state index in [-0.39, 0.29) is 17.7 Å². The van der Waals surface area contributed by atoms with Crippen molar-refractivity contribution in [2.75, 3.05) is 5.73 Å². The van der Waals surface area contributed by atoms with Gasteiger partial charge in [-0.15, -0.1) is 0 Å². The molecule has 0 aliphatic rings. The number of aliphatic hydroxyl groups excluding tert-OH is 1. The number of carbonyl (C=O) groups is 1. The second-order valence-electron chi connectivity index (χ2n) is 4.30. The molecule has 0 saturated heterocycles. The Morgan fingerprint density at radius 2 is 1.89 bits per heavy atom. The lowest BCUT2D eigenvalue weighted by atomic mass is 9.99. The summed E-state index contributed by atoms with van der Waals surface area (Å²) >= 11 is 0. The predicted molar refractivity (Wildman–Crippen MR) is 71.3 cm³/mol. The topological polar surface area (TPSA) is 63.3 Å². The molecule has 0 bridgehead atoms. The van der Waals surface area contributed by atoms with Gasteiger partial charge in [0.15, 0.2) is 5.78 Å². The van der Waals surface area contributed by atoms with Crippen LogP contribution in [0.5, 0.6) is 0 Å². The van der Waals surface area contributed by atoms with Crippen molar-refractivity contribution in [3.05, 3.63) is 65.5 Å². The van der Waals surface area contributed by atoms with Crippen LogP contribution in [-0.4, -0.2) is 17.0 Å². The van der Waals surface area contributed by atoms with Crippen LogP contribution in [0.3, 0.4) is 0 Å². The summed E-state index contributed by atoms with van der Waals surface area (Å²) in [5.74, 6) is -1.12. The van der Waals surface area contributed by atoms with E-state index in [4.69, 9.17) is 5.73 Å². The first kappa shape index (κ1) is 13.2. The molecule has 3 nitrogen and oxygen atoms in total. The van der Waals surface area contributed by atoms with Gasteiger partial charge in [0.25, 0.3) is 0 Å². The van der Waals surface area contributed by atoms with Crippen molar-refractivity contribution in [1.29, 1.82) is 0 Å². The van der Waals surface area contributed by atoms with Crippen molar-refractivity contribution in [3.8, 4) is 0 Å². The van der Waals surface area contributed by atoms with Crippen LogP contribution in [0.2, 0.25) is 0 Å². The largest absolute Gasteiger partial charge is 0.398 e. The van der Waals surface area contributed by atoms with Gasteiger partial charge in [0, 0.05) is 17.7 Å². The number of nitrogens with two attached hydrogens (primary N) is 1. The van der Waals surface area contributed by atoms with Crippen molar-refractivity contribution in [3.63, 3.8) is 0 Å². The molecule has 0 heterocycles. The molecule has 1 unspecified atom stereocenters. The van der Waals surface area contributed by atoms with Crippen molar-refractivity contribution in [2.45, 2.75) is 12.5 Å². The maximum atomic E-state index is 13.1. The second kappa shape index (κ2) is 5.63. The molecule has 0 aromatic heterocycles. The van der Waals surface area contributed by atoms with Crippen LogP contribution in [0.4, 0.5) is 10.1 Å². The van der Waals surface area contributed by atoms with Crippen LogP contribution >= 0.6 is 0 Å². The Balaban J connectivity index is 2.17. The number of halogens is 1. The first-order valence-electron chi connectivity index (χ1n) is 5.89. The molecular formula is C15H14FNO2. The van der Waals surface area contributed by atoms with E-state index in [1.54, 1.807) is 0 Å². The number of aliphatic hydroxyl groups is 1. The summed E-state index contributed by atoms with van der Waals surface area (Å²) in [5, 5.41) is 9.91. The lowest BCUT2D eigenvalue weighted by molar-refractivity contribution is 0.0748. The fraction of sp³-hybridized carbons (Fsp3) is 0.133. The van der Waals surface area contributed by atoms with Gasteiger partial charge in [0.1, 0.15) is 11.9 Å². The number of Topliss-reactive ketones (excluding diaryl/α,β-unsaturated/α-hetero) is 1. The molecule has 3 N–H and O–H groups in total. The summed E-state index contributed by atoms with van der Waals surface area (Å²) < 4.78 is 13.1. The molecule has 1 atom stereocenters. The highest BCUT2D eigenvalue weighted by Gasteiger charge is 2.20. The van der Waals surface area contributed by atoms with Gasteiger partial charge >= 0.3 is 0 Å². The SMILES string of the molecule is Nc1ccc(F)cc1C(=O)C(O)Cc1ccccc1. The van der Waals surface area contributed by atoms with E-state index >= 15 is 0 Å². The third-order valence-electron chi connectivity index (χ3n) is 2.86. The first-order valence-corrected chi connectivity index (χ1v) is 5.89. The van der Waals surface area contributed by atoms with E-state index in [1.165, 1.54) is 12.1 Å². The number of benzene rings is 2. The summed E-state index contributed by atoms with van der Waals surface area (Å²) in [6.07, 6.45) is -1.05. The molecule has 2 rings (SSSR count). The Hall–Kier alpha value is -2.20. The van der Waals surface area contributed by atoms with Gasteiger partial charge in [-0.2, -0.15) is 0 Å². The average molecular weight is 259 g/mol. The molecule has 0 radical (unpaired) electrons. The Morgan fingerprint density at radius 3 is 2.58 bits per heavy atom. The fourth-order valence-electron chi connectivity index (χ4n) is 1.85. The Bertz CT molecular complexity index is 584. The summed E-state index contributed by atoms with van der Waals surface area (Å²) in [5.41, 5.74) is 6.64. The third-order valence-corrected chi connectivity index (χ3v) is 2.86. The van der Waals surface area contributed by atoms with Crippen molar-refractivity contribution >= 4 is 11.5 Å². The third kappa shape index (κ3) is 3.17. The minimum absolute atomic E-state index is 0.0171. The molecule has 0 amide bonds. The van der Waals surface area contributed by atoms with E-state index < -0.39 is 17.7 Å². The predicted octanol–water partition coefficient (Wildman–Crippen LogP) is 2.19. The lowest BCUT2D eigenvalue weighted by Crippen LogP contribution is -2.24. The zero-order valence-corrected chi connectivity index (χ0v) is 10.2. The van der Waals surface area contributed by atoms with E-state index in [1.807, 2.05) is 30.3 Å². The summed E-state index contributed by atoms with van der Waals surface area (Å²) in [4.78, 5) is 12.0. The van der Waals surface area contributed by atoms with Gasteiger partial charge in [-0.1, -0.05) is 30.3 Å². The first-order chi connectivity index (χ1) is 9.08. The van der Waals surface area contributed by atoms with Crippen LogP contribution in [0.15, 0.2) is 48.5 Å². The normalized spacial score (nSPS) is 12.1. The van der Waals surface area contributed by atoms with Crippen LogP contribution in [-0.2, 0) is 6.42 Å². The zero-order chi connectivity index (χ0) is 13.8. The van der Waals surface area contributed by atoms with Crippen LogP contribution in [0, 0.1) is 5.82 Å². The summed E-state index contributed by atoms with van der Waals surface area (Å²) in [6, 6.07) is 12.7. The van der Waals surface area contributed by atoms with Gasteiger partial charge in [0.2, 0.25) is 0 Å². The second-order valence-corrected chi connectivity index (χ2v) is 4.30. The number of ketones is 1. The molecular weight excluding hydrogens is 245 g/mol. The highest BCUT2D eigenvalue weighted by molar-refractivity contribution is 6.03. The molecule has 2 aromatic rings. The van der Waals surface area contributed by atoms with Gasteiger partial charge < -0.3 is 10.8 Å². The minimum atomic E-state index is -1.23. The van der Waals surface area contributed by atoms with Gasteiger partial charge in [0.05, 0.1) is 0 Å². The standard InChI is InChI=1S/C15H14FNO2/c16-11-6-7-13(17)12(9-11)15(19)14(18)8-10-4-2-1-3-5-10/h1-7,9,14,18H,8,17H2. The van der Waals surface area contributed by atoms with E-state index in [0.717, 1.165) is 11.6 Å². The molecule has 0 spiro atoms. The number of hydrogen-bond acceptors (Lipinski definition) is 3. The molecule has 4 heteroatoms. The van der Waals surface area contributed by atoms with Gasteiger partial charge in [-0.05, 0) is 23.8 Å². The number of anilines is 1. The van der Waals surface area contributed by atoms with E-state index in [9.17, 15) is 14.3 Å². The Labute approximate surface area is 110 Å². The molecule has 0 saturated carbocycles. The highest BCUT2D eigenvalue weighted by atomic mass is 19.1. The maximum absolute atomic E-state index is 13.1. The van der Waals surface area contributed by atoms with Crippen LogP contribution in [0.25, 0.3) is 0 Å². The quantitative estimate of drug-likeness (QED) is 0.653. The van der Waals surface area contributed by atoms with E-state index in [2.05, 4.69) is 0 Å². The monoisotopic (exact) mass is 259 g/mol. The molecule has 0 aliphatic carbocycles. The van der Waals surface area contributed by atoms with Gasteiger partial charge in [-0.25, -0.2) is 4.39 Å². The summed E-state index contributed by atoms with van der Waals surface area (Å²) in [6.45, 7) is 0. The fourth-order valence-corrected chi connectivity index (χ4v) is 1.85.